The number of benzene rings is 3. The number of aromatic nitrogens is 5. The van der Waals surface area contributed by atoms with Gasteiger partial charge in [0.2, 0.25) is 11.8 Å². The van der Waals surface area contributed by atoms with Gasteiger partial charge in [-0.05, 0) is 91.8 Å². The van der Waals surface area contributed by atoms with Crippen LogP contribution in [0.15, 0.2) is 77.4 Å². The maximum absolute atomic E-state index is 15.3. The van der Waals surface area contributed by atoms with Gasteiger partial charge >= 0.3 is 6.03 Å². The third kappa shape index (κ3) is 8.91. The highest BCUT2D eigenvalue weighted by Gasteiger charge is 2.29. The minimum atomic E-state index is -0.512. The third-order valence-electron chi connectivity index (χ3n) is 12.8. The highest BCUT2D eigenvalue weighted by Crippen LogP contribution is 2.34. The molecule has 332 valence electrons. The number of hydrogen-bond acceptors (Lipinski definition) is 11. The zero-order chi connectivity index (χ0) is 44.7. The van der Waals surface area contributed by atoms with Gasteiger partial charge in [-0.25, -0.2) is 14.2 Å². The lowest BCUT2D eigenvalue weighted by Crippen LogP contribution is -2.49. The summed E-state index contributed by atoms with van der Waals surface area (Å²) >= 11 is 0. The average molecular weight is 868 g/mol. The van der Waals surface area contributed by atoms with E-state index in [-0.39, 0.29) is 42.0 Å². The Morgan fingerprint density at radius 3 is 2.31 bits per heavy atom. The van der Waals surface area contributed by atoms with Crippen molar-refractivity contribution in [3.63, 3.8) is 0 Å². The van der Waals surface area contributed by atoms with E-state index in [9.17, 15) is 14.4 Å². The predicted octanol–water partition coefficient (Wildman–Crippen LogP) is 7.40. The largest absolute Gasteiger partial charge is 0.369 e. The van der Waals surface area contributed by atoms with Crippen LogP contribution in [-0.2, 0) is 10.2 Å². The van der Waals surface area contributed by atoms with Crippen molar-refractivity contribution in [1.29, 1.82) is 0 Å². The number of aryl methyl sites for hydroxylation is 1. The van der Waals surface area contributed by atoms with Crippen LogP contribution < -0.4 is 25.3 Å². The first-order valence-electron chi connectivity index (χ1n) is 22.1. The predicted molar refractivity (Wildman–Crippen MR) is 244 cm³/mol. The van der Waals surface area contributed by atoms with Gasteiger partial charge in [0.05, 0.1) is 11.7 Å². The van der Waals surface area contributed by atoms with Crippen molar-refractivity contribution in [3.8, 4) is 22.4 Å². The summed E-state index contributed by atoms with van der Waals surface area (Å²) in [7, 11) is 0. The number of pyridine rings is 1. The number of H-pyrrole nitrogens is 1. The van der Waals surface area contributed by atoms with Gasteiger partial charge in [0.1, 0.15) is 11.5 Å². The van der Waals surface area contributed by atoms with Crippen LogP contribution in [-0.4, -0.2) is 100 Å². The van der Waals surface area contributed by atoms with Crippen LogP contribution in [0, 0.1) is 18.7 Å². The second-order valence-electron chi connectivity index (χ2n) is 18.3. The number of carbonyl (C=O) groups excluding carboxylic acids is 3. The number of hydrogen-bond donors (Lipinski definition) is 3. The fourth-order valence-corrected chi connectivity index (χ4v) is 9.06. The number of nitrogens with zero attached hydrogens (tertiary/aromatic N) is 8. The maximum atomic E-state index is 15.3. The lowest BCUT2D eigenvalue weighted by molar-refractivity contribution is -0.120. The Morgan fingerprint density at radius 1 is 0.891 bits per heavy atom. The summed E-state index contributed by atoms with van der Waals surface area (Å²) in [4.78, 5) is 54.3. The summed E-state index contributed by atoms with van der Waals surface area (Å²) in [6, 6.07) is 21.1. The van der Waals surface area contributed by atoms with Crippen molar-refractivity contribution in [3.05, 3.63) is 102 Å². The number of fused-ring (bicyclic) bond motifs is 1. The minimum Gasteiger partial charge on any atom is -0.369 e. The van der Waals surface area contributed by atoms with Crippen LogP contribution in [0.5, 0.6) is 0 Å². The number of carbonyl (C=O) groups is 3. The second-order valence-corrected chi connectivity index (χ2v) is 18.3. The standard InChI is InChI=1S/C48H54FN11O4/c1-29-24-33(8-12-37(29)30(2)51-45(62)44-53-46(64-56-44)48(3,4)5)42-38-25-34(27-50-43(38)55-54-42)32-6-9-35(10-7-32)58-22-20-57(21-23-58)28-31-14-17-59(18-15-31)40-13-11-36(26-39(40)49)60-19-16-41(61)52-47(60)63/h6-13,24-27,30-31H,14-23,28H2,1-5H3,(H,51,62)(H,50,54,55)(H,52,61,63). The first kappa shape index (κ1) is 42.6. The molecule has 3 aromatic carbocycles. The van der Waals surface area contributed by atoms with Crippen molar-refractivity contribution < 1.29 is 23.3 Å². The van der Waals surface area contributed by atoms with Crippen LogP contribution >= 0.6 is 0 Å². The Hall–Kier alpha value is -6.68. The van der Waals surface area contributed by atoms with Crippen molar-refractivity contribution in [1.82, 2.24) is 40.9 Å². The highest BCUT2D eigenvalue weighted by atomic mass is 19.1. The molecule has 4 amide bonds. The van der Waals surface area contributed by atoms with Crippen LogP contribution in [0.25, 0.3) is 33.4 Å². The molecule has 0 aliphatic carbocycles. The number of piperazine rings is 1. The molecular formula is C48H54FN11O4. The molecule has 6 heterocycles. The molecule has 3 saturated heterocycles. The fourth-order valence-electron chi connectivity index (χ4n) is 9.06. The molecular weight excluding hydrogens is 814 g/mol. The molecule has 0 radical (unpaired) electrons. The summed E-state index contributed by atoms with van der Waals surface area (Å²) in [6.07, 6.45) is 4.07. The fraction of sp³-hybridized carbons (Fsp3) is 0.396. The smallest absolute Gasteiger partial charge is 0.328 e. The van der Waals surface area contributed by atoms with Gasteiger partial charge in [0.15, 0.2) is 5.65 Å². The normalized spacial score (nSPS) is 17.2. The first-order valence-corrected chi connectivity index (χ1v) is 22.1. The van der Waals surface area contributed by atoms with E-state index in [4.69, 9.17) is 9.51 Å². The maximum Gasteiger partial charge on any atom is 0.328 e. The van der Waals surface area contributed by atoms with E-state index in [1.807, 2.05) is 52.9 Å². The van der Waals surface area contributed by atoms with E-state index < -0.39 is 11.9 Å². The number of amides is 4. The molecule has 1 unspecified atom stereocenters. The Labute approximate surface area is 371 Å². The average Bonchev–Trinajstić information content (AvgIpc) is 3.96. The Balaban J connectivity index is 0.771. The second kappa shape index (κ2) is 17.5. The molecule has 16 heteroatoms. The Bertz CT molecular complexity index is 2690. The Kier molecular flexibility index (Phi) is 11.6. The molecule has 0 spiro atoms. The van der Waals surface area contributed by atoms with E-state index in [1.54, 1.807) is 12.1 Å². The van der Waals surface area contributed by atoms with Crippen LogP contribution in [0.4, 0.5) is 26.2 Å². The number of rotatable bonds is 10. The number of imide groups is 1. The molecule has 3 N–H and O–H groups in total. The van der Waals surface area contributed by atoms with E-state index in [1.165, 1.54) is 16.7 Å². The molecule has 3 fully saturated rings. The molecule has 3 aliphatic rings. The SMILES string of the molecule is Cc1cc(-c2n[nH]c3ncc(-c4ccc(N5CCN(CC6CCN(c7ccc(N8CCC(=O)NC8=O)cc7F)CC6)CC5)cc4)cc23)ccc1C(C)NC(=O)c1noc(C(C)(C)C)n1. The topological polar surface area (TPSA) is 169 Å². The van der Waals surface area contributed by atoms with Crippen LogP contribution in [0.3, 0.4) is 0 Å². The number of urea groups is 1. The van der Waals surface area contributed by atoms with E-state index in [0.29, 0.717) is 28.8 Å². The molecule has 64 heavy (non-hydrogen) atoms. The molecule has 15 nitrogen and oxygen atoms in total. The zero-order valence-corrected chi connectivity index (χ0v) is 36.9. The number of anilines is 3. The molecule has 9 rings (SSSR count). The van der Waals surface area contributed by atoms with Crippen LogP contribution in [0.1, 0.15) is 80.6 Å². The monoisotopic (exact) mass is 867 g/mol. The van der Waals surface area contributed by atoms with Gasteiger partial charge in [-0.1, -0.05) is 50.2 Å². The van der Waals surface area contributed by atoms with E-state index >= 15 is 4.39 Å². The van der Waals surface area contributed by atoms with Gasteiger partial charge in [-0.3, -0.25) is 29.8 Å². The van der Waals surface area contributed by atoms with Gasteiger partial charge in [0, 0.05) is 98.3 Å². The van der Waals surface area contributed by atoms with E-state index in [2.05, 4.69) is 82.1 Å². The van der Waals surface area contributed by atoms with Crippen molar-refractivity contribution in [2.75, 3.05) is 67.1 Å². The minimum absolute atomic E-state index is 0.0161. The first-order chi connectivity index (χ1) is 30.8. The van der Waals surface area contributed by atoms with Crippen molar-refractivity contribution in [2.24, 2.45) is 5.92 Å². The molecule has 0 saturated carbocycles. The number of aromatic amines is 1. The molecule has 0 bridgehead atoms. The zero-order valence-electron chi connectivity index (χ0n) is 36.9. The number of nitrogens with one attached hydrogen (secondary N) is 3. The van der Waals surface area contributed by atoms with Gasteiger partial charge in [-0.2, -0.15) is 10.1 Å². The third-order valence-corrected chi connectivity index (χ3v) is 12.8. The van der Waals surface area contributed by atoms with Crippen molar-refractivity contribution in [2.45, 2.75) is 65.3 Å². The van der Waals surface area contributed by atoms with Crippen molar-refractivity contribution >= 4 is 45.9 Å². The summed E-state index contributed by atoms with van der Waals surface area (Å²) in [5.74, 6) is -0.0666. The molecule has 6 aromatic rings. The number of piperidine rings is 1. The van der Waals surface area contributed by atoms with Gasteiger partial charge < -0.3 is 19.6 Å². The summed E-state index contributed by atoms with van der Waals surface area (Å²) in [6.45, 7) is 16.6. The quantitative estimate of drug-likeness (QED) is 0.126. The van der Waals surface area contributed by atoms with E-state index in [0.717, 1.165) is 97.6 Å². The molecule has 1 atom stereocenters. The lowest BCUT2D eigenvalue weighted by Gasteiger charge is -2.40. The van der Waals surface area contributed by atoms with Crippen LogP contribution in [0.2, 0.25) is 0 Å². The van der Waals surface area contributed by atoms with Gasteiger partial charge in [0.25, 0.3) is 11.7 Å². The lowest BCUT2D eigenvalue weighted by atomic mass is 9.95. The van der Waals surface area contributed by atoms with Gasteiger partial charge in [-0.15, -0.1) is 0 Å². The summed E-state index contributed by atoms with van der Waals surface area (Å²) < 4.78 is 20.6. The Morgan fingerprint density at radius 2 is 1.62 bits per heavy atom. The number of halogens is 1. The summed E-state index contributed by atoms with van der Waals surface area (Å²) in [5, 5.41) is 17.9. The summed E-state index contributed by atoms with van der Waals surface area (Å²) in [5.41, 5.74) is 8.39. The molecule has 3 aromatic heterocycles. The molecule has 3 aliphatic heterocycles. The highest BCUT2D eigenvalue weighted by molar-refractivity contribution is 6.05.